The molecule has 2 aromatic rings. The molecule has 0 aliphatic carbocycles. The van der Waals surface area contributed by atoms with Crippen molar-refractivity contribution < 1.29 is 22.6 Å². The van der Waals surface area contributed by atoms with Gasteiger partial charge in [0.05, 0.1) is 31.8 Å². The van der Waals surface area contributed by atoms with Crippen LogP contribution in [0, 0.1) is 0 Å². The fraction of sp³-hybridized carbons (Fsp3) is 0.300. The number of halogens is 1. The summed E-state index contributed by atoms with van der Waals surface area (Å²) in [5.74, 6) is 1.87. The van der Waals surface area contributed by atoms with E-state index in [2.05, 4.69) is 0 Å². The van der Waals surface area contributed by atoms with Crippen molar-refractivity contribution >= 4 is 27.2 Å². The summed E-state index contributed by atoms with van der Waals surface area (Å²) in [5, 5.41) is 0.499. The van der Waals surface area contributed by atoms with Crippen molar-refractivity contribution in [1.82, 2.24) is 4.31 Å². The van der Waals surface area contributed by atoms with Crippen LogP contribution >= 0.6 is 11.6 Å². The quantitative estimate of drug-likeness (QED) is 0.706. The lowest BCUT2D eigenvalue weighted by atomic mass is 9.98. The van der Waals surface area contributed by atoms with E-state index in [0.717, 1.165) is 11.1 Å². The molecule has 28 heavy (non-hydrogen) atoms. The second kappa shape index (κ2) is 8.43. The number of sulfonamides is 1. The van der Waals surface area contributed by atoms with Crippen molar-refractivity contribution in [1.29, 1.82) is 0 Å². The van der Waals surface area contributed by atoms with Gasteiger partial charge in [-0.25, -0.2) is 8.42 Å². The zero-order chi connectivity index (χ0) is 20.3. The van der Waals surface area contributed by atoms with Gasteiger partial charge in [-0.2, -0.15) is 4.31 Å². The van der Waals surface area contributed by atoms with E-state index in [1.54, 1.807) is 45.6 Å². The van der Waals surface area contributed by atoms with E-state index >= 15 is 0 Å². The van der Waals surface area contributed by atoms with Crippen molar-refractivity contribution in [3.63, 3.8) is 0 Å². The second-order valence-electron chi connectivity index (χ2n) is 6.20. The van der Waals surface area contributed by atoms with E-state index in [0.29, 0.717) is 35.2 Å². The molecular formula is C20H22ClNO5S. The largest absolute Gasteiger partial charge is 0.496 e. The Kier molecular flexibility index (Phi) is 6.17. The van der Waals surface area contributed by atoms with Crippen LogP contribution in [0.2, 0.25) is 5.02 Å². The van der Waals surface area contributed by atoms with Crippen molar-refractivity contribution in [2.24, 2.45) is 0 Å². The highest BCUT2D eigenvalue weighted by molar-refractivity contribution is 7.89. The normalized spacial score (nSPS) is 15.1. The van der Waals surface area contributed by atoms with Gasteiger partial charge < -0.3 is 14.2 Å². The molecule has 0 N–H and O–H groups in total. The molecule has 1 aliphatic heterocycles. The number of ether oxygens (including phenoxy) is 3. The highest BCUT2D eigenvalue weighted by Crippen LogP contribution is 2.41. The fourth-order valence-corrected chi connectivity index (χ4v) is 4.68. The first-order valence-corrected chi connectivity index (χ1v) is 10.5. The first kappa shape index (κ1) is 20.5. The lowest BCUT2D eigenvalue weighted by molar-refractivity contribution is 0.372. The standard InChI is InChI=1S/C20H22ClNO5S/c1-25-16-12-18(26-2)20(19(13-16)27-3)14-8-10-22(11-9-14)28(23,24)17-6-4-15(21)5-7-17/h4-8,12-13H,9-11H2,1-3H3. The van der Waals surface area contributed by atoms with Crippen molar-refractivity contribution in [2.45, 2.75) is 11.3 Å². The first-order valence-electron chi connectivity index (χ1n) is 8.66. The molecular weight excluding hydrogens is 402 g/mol. The minimum Gasteiger partial charge on any atom is -0.496 e. The Morgan fingerprint density at radius 2 is 1.57 bits per heavy atom. The van der Waals surface area contributed by atoms with E-state index in [4.69, 9.17) is 25.8 Å². The molecule has 2 aromatic carbocycles. The number of nitrogens with zero attached hydrogens (tertiary/aromatic N) is 1. The molecule has 8 heteroatoms. The van der Waals surface area contributed by atoms with Crippen molar-refractivity contribution in [3.05, 3.63) is 53.1 Å². The summed E-state index contributed by atoms with van der Waals surface area (Å²) in [6.07, 6.45) is 2.43. The smallest absolute Gasteiger partial charge is 0.243 e. The minimum atomic E-state index is -3.58. The molecule has 1 heterocycles. The summed E-state index contributed by atoms with van der Waals surface area (Å²) in [4.78, 5) is 0.230. The number of rotatable bonds is 6. The molecule has 0 radical (unpaired) electrons. The van der Waals surface area contributed by atoms with Gasteiger partial charge in [-0.15, -0.1) is 0 Å². The van der Waals surface area contributed by atoms with Gasteiger partial charge in [0.2, 0.25) is 10.0 Å². The Labute approximate surface area is 170 Å². The molecule has 0 spiro atoms. The van der Waals surface area contributed by atoms with Gasteiger partial charge in [0.25, 0.3) is 0 Å². The van der Waals surface area contributed by atoms with Gasteiger partial charge in [-0.3, -0.25) is 0 Å². The molecule has 3 rings (SSSR count). The summed E-state index contributed by atoms with van der Waals surface area (Å²) in [6.45, 7) is 0.619. The molecule has 0 saturated heterocycles. The van der Waals surface area contributed by atoms with Crippen molar-refractivity contribution in [2.75, 3.05) is 34.4 Å². The van der Waals surface area contributed by atoms with Gasteiger partial charge in [0.15, 0.2) is 0 Å². The highest BCUT2D eigenvalue weighted by atomic mass is 35.5. The third-order valence-electron chi connectivity index (χ3n) is 4.66. The number of methoxy groups -OCH3 is 3. The maximum absolute atomic E-state index is 12.9. The topological polar surface area (TPSA) is 65.1 Å². The fourth-order valence-electron chi connectivity index (χ4n) is 3.17. The van der Waals surface area contributed by atoms with Gasteiger partial charge in [-0.1, -0.05) is 17.7 Å². The average molecular weight is 424 g/mol. The van der Waals surface area contributed by atoms with E-state index in [1.165, 1.54) is 16.4 Å². The Balaban J connectivity index is 1.91. The molecule has 0 unspecified atom stereocenters. The molecule has 0 amide bonds. The molecule has 1 aliphatic rings. The van der Waals surface area contributed by atoms with Crippen LogP contribution in [0.1, 0.15) is 12.0 Å². The third kappa shape index (κ3) is 3.97. The second-order valence-corrected chi connectivity index (χ2v) is 8.58. The summed E-state index contributed by atoms with van der Waals surface area (Å²) in [6, 6.07) is 9.77. The van der Waals surface area contributed by atoms with Gasteiger partial charge >= 0.3 is 0 Å². The van der Waals surface area contributed by atoms with Crippen LogP contribution in [0.3, 0.4) is 0 Å². The zero-order valence-electron chi connectivity index (χ0n) is 15.9. The summed E-state index contributed by atoms with van der Waals surface area (Å²) >= 11 is 5.86. The maximum atomic E-state index is 12.9. The SMILES string of the molecule is COc1cc(OC)c(C2=CCN(S(=O)(=O)c3ccc(Cl)cc3)CC2)c(OC)c1. The molecule has 0 aromatic heterocycles. The van der Waals surface area contributed by atoms with Crippen molar-refractivity contribution in [3.8, 4) is 17.2 Å². The first-order chi connectivity index (χ1) is 13.4. The lowest BCUT2D eigenvalue weighted by Crippen LogP contribution is -2.34. The Bertz CT molecular complexity index is 961. The van der Waals surface area contributed by atoms with Gasteiger partial charge in [0, 0.05) is 30.2 Å². The predicted octanol–water partition coefficient (Wildman–Crippen LogP) is 3.84. The summed E-state index contributed by atoms with van der Waals surface area (Å²) < 4.78 is 43.5. The Hall–Kier alpha value is -2.22. The zero-order valence-corrected chi connectivity index (χ0v) is 17.5. The molecule has 0 saturated carbocycles. The highest BCUT2D eigenvalue weighted by Gasteiger charge is 2.28. The summed E-state index contributed by atoms with van der Waals surface area (Å²) in [7, 11) is 1.16. The molecule has 6 nitrogen and oxygen atoms in total. The van der Waals surface area contributed by atoms with Crippen LogP contribution in [0.5, 0.6) is 17.2 Å². The van der Waals surface area contributed by atoms with E-state index in [-0.39, 0.29) is 11.4 Å². The predicted molar refractivity (Wildman–Crippen MR) is 109 cm³/mol. The Morgan fingerprint density at radius 3 is 2.04 bits per heavy atom. The molecule has 0 fully saturated rings. The molecule has 150 valence electrons. The van der Waals surface area contributed by atoms with E-state index in [1.807, 2.05) is 6.08 Å². The minimum absolute atomic E-state index is 0.230. The molecule has 0 atom stereocenters. The third-order valence-corrected chi connectivity index (χ3v) is 6.79. The number of hydrogen-bond donors (Lipinski definition) is 0. The monoisotopic (exact) mass is 423 g/mol. The Morgan fingerprint density at radius 1 is 0.964 bits per heavy atom. The summed E-state index contributed by atoms with van der Waals surface area (Å²) in [5.41, 5.74) is 1.79. The van der Waals surface area contributed by atoms with Crippen LogP contribution in [0.15, 0.2) is 47.4 Å². The molecule has 0 bridgehead atoms. The number of benzene rings is 2. The maximum Gasteiger partial charge on any atom is 0.243 e. The lowest BCUT2D eigenvalue weighted by Gasteiger charge is -2.27. The van der Waals surface area contributed by atoms with E-state index in [9.17, 15) is 8.42 Å². The van der Waals surface area contributed by atoms with Gasteiger partial charge in [0.1, 0.15) is 17.2 Å². The van der Waals surface area contributed by atoms with Crippen LogP contribution in [-0.4, -0.2) is 47.1 Å². The van der Waals surface area contributed by atoms with Crippen LogP contribution in [0.25, 0.3) is 5.57 Å². The van der Waals surface area contributed by atoms with Crippen LogP contribution in [0.4, 0.5) is 0 Å². The van der Waals surface area contributed by atoms with Crippen LogP contribution < -0.4 is 14.2 Å². The van der Waals surface area contributed by atoms with E-state index < -0.39 is 10.0 Å². The van der Waals surface area contributed by atoms with Crippen LogP contribution in [-0.2, 0) is 10.0 Å². The average Bonchev–Trinajstić information content (AvgIpc) is 2.73. The van der Waals surface area contributed by atoms with Gasteiger partial charge in [-0.05, 0) is 36.3 Å². The number of hydrogen-bond acceptors (Lipinski definition) is 5.